The maximum atomic E-state index is 4.28. The Morgan fingerprint density at radius 2 is 1.64 bits per heavy atom. The molecule has 2 aromatic rings. The fourth-order valence-electron chi connectivity index (χ4n) is 0.935. The second kappa shape index (κ2) is 4.38. The van der Waals surface area contributed by atoms with E-state index in [1.54, 1.807) is 11.3 Å². The summed E-state index contributed by atoms with van der Waals surface area (Å²) in [7, 11) is 0. The van der Waals surface area contributed by atoms with Crippen LogP contribution in [0.1, 0.15) is 0 Å². The molecular weight excluding hydrogens is 396 g/mol. The zero-order valence-corrected chi connectivity index (χ0v) is 12.2. The number of rotatable bonds is 1. The molecule has 2 aromatic heterocycles. The van der Waals surface area contributed by atoms with Gasteiger partial charge in [-0.05, 0) is 59.9 Å². The molecule has 0 aliphatic heterocycles. The van der Waals surface area contributed by atoms with Crippen molar-refractivity contribution in [3.05, 3.63) is 31.2 Å². The monoisotopic (exact) mass is 396 g/mol. The highest BCUT2D eigenvalue weighted by atomic mass is 79.9. The Balaban J connectivity index is 2.51. The molecule has 0 N–H and O–H groups in total. The molecule has 0 radical (unpaired) electrons. The Kier molecular flexibility index (Phi) is 3.36. The van der Waals surface area contributed by atoms with E-state index in [0.717, 1.165) is 23.7 Å². The first-order valence-electron chi connectivity index (χ1n) is 3.61. The highest BCUT2D eigenvalue weighted by Gasteiger charge is 2.06. The van der Waals surface area contributed by atoms with E-state index in [4.69, 9.17) is 0 Å². The fourth-order valence-corrected chi connectivity index (χ4v) is 3.33. The summed E-state index contributed by atoms with van der Waals surface area (Å²) in [6.07, 6.45) is 0. The number of nitrogens with zero attached hydrogens (tertiary/aromatic N) is 2. The molecule has 0 amide bonds. The van der Waals surface area contributed by atoms with Gasteiger partial charge in [-0.3, -0.25) is 0 Å². The standard InChI is InChI=1S/C8H3Br3N2S/c9-5-3-6(10)13-8(12-5)4-1-2-7(11)14-4/h1-3H. The van der Waals surface area contributed by atoms with Crippen molar-refractivity contribution in [2.45, 2.75) is 0 Å². The number of halogens is 3. The van der Waals surface area contributed by atoms with Crippen LogP contribution in [0.3, 0.4) is 0 Å². The van der Waals surface area contributed by atoms with Crippen molar-refractivity contribution in [1.29, 1.82) is 0 Å². The van der Waals surface area contributed by atoms with Gasteiger partial charge in [0.1, 0.15) is 9.21 Å². The van der Waals surface area contributed by atoms with Crippen LogP contribution in [0.2, 0.25) is 0 Å². The van der Waals surface area contributed by atoms with Crippen LogP contribution in [0, 0.1) is 0 Å². The van der Waals surface area contributed by atoms with Crippen molar-refractivity contribution in [2.75, 3.05) is 0 Å². The van der Waals surface area contributed by atoms with E-state index in [1.165, 1.54) is 0 Å². The minimum Gasteiger partial charge on any atom is -0.220 e. The van der Waals surface area contributed by atoms with Crippen LogP contribution in [-0.2, 0) is 0 Å². The predicted octanol–water partition coefficient (Wildman–Crippen LogP) is 4.49. The molecule has 6 heteroatoms. The molecule has 0 aliphatic carbocycles. The molecule has 0 aliphatic rings. The van der Waals surface area contributed by atoms with Crippen LogP contribution in [0.25, 0.3) is 10.7 Å². The van der Waals surface area contributed by atoms with Gasteiger partial charge in [-0.2, -0.15) is 0 Å². The van der Waals surface area contributed by atoms with Crippen molar-refractivity contribution in [3.8, 4) is 10.7 Å². The maximum Gasteiger partial charge on any atom is 0.171 e. The van der Waals surface area contributed by atoms with Crippen molar-refractivity contribution in [3.63, 3.8) is 0 Å². The van der Waals surface area contributed by atoms with Crippen molar-refractivity contribution in [1.82, 2.24) is 9.97 Å². The second-order valence-corrected chi connectivity index (χ2v) is 6.53. The lowest BCUT2D eigenvalue weighted by Gasteiger charge is -1.97. The topological polar surface area (TPSA) is 25.8 Å². The molecule has 2 rings (SSSR count). The Hall–Kier alpha value is 0.220. The summed E-state index contributed by atoms with van der Waals surface area (Å²) in [5.41, 5.74) is 0. The molecule has 0 unspecified atom stereocenters. The molecule has 0 atom stereocenters. The van der Waals surface area contributed by atoms with Crippen LogP contribution < -0.4 is 0 Å². The summed E-state index contributed by atoms with van der Waals surface area (Å²) in [6, 6.07) is 5.79. The average molecular weight is 399 g/mol. The van der Waals surface area contributed by atoms with E-state index in [1.807, 2.05) is 18.2 Å². The zero-order valence-electron chi connectivity index (χ0n) is 6.67. The van der Waals surface area contributed by atoms with E-state index < -0.39 is 0 Å². The third-order valence-electron chi connectivity index (χ3n) is 1.46. The Labute approximate surface area is 110 Å². The average Bonchev–Trinajstić information content (AvgIpc) is 2.50. The third kappa shape index (κ3) is 2.42. The zero-order chi connectivity index (χ0) is 10.1. The van der Waals surface area contributed by atoms with Crippen molar-refractivity contribution < 1.29 is 0 Å². The van der Waals surface area contributed by atoms with Gasteiger partial charge >= 0.3 is 0 Å². The molecule has 0 bridgehead atoms. The van der Waals surface area contributed by atoms with Crippen LogP contribution in [0.15, 0.2) is 31.2 Å². The van der Waals surface area contributed by atoms with Gasteiger partial charge in [-0.25, -0.2) is 9.97 Å². The second-order valence-electron chi connectivity index (χ2n) is 2.44. The lowest BCUT2D eigenvalue weighted by atomic mass is 10.4. The summed E-state index contributed by atoms with van der Waals surface area (Å²) in [6.45, 7) is 0. The van der Waals surface area contributed by atoms with Crippen LogP contribution in [0.4, 0.5) is 0 Å². The first-order valence-corrected chi connectivity index (χ1v) is 6.80. The molecule has 0 aromatic carbocycles. The Morgan fingerprint density at radius 1 is 1.00 bits per heavy atom. The highest BCUT2D eigenvalue weighted by Crippen LogP contribution is 2.30. The van der Waals surface area contributed by atoms with Gasteiger partial charge in [0.25, 0.3) is 0 Å². The predicted molar refractivity (Wildman–Crippen MR) is 68.4 cm³/mol. The molecule has 0 fully saturated rings. The van der Waals surface area contributed by atoms with Crippen molar-refractivity contribution in [2.24, 2.45) is 0 Å². The molecule has 0 saturated heterocycles. The normalized spacial score (nSPS) is 10.5. The number of thiophene rings is 1. The maximum absolute atomic E-state index is 4.28. The van der Waals surface area contributed by atoms with E-state index >= 15 is 0 Å². The molecule has 72 valence electrons. The van der Waals surface area contributed by atoms with Crippen LogP contribution in [-0.4, -0.2) is 9.97 Å². The lowest BCUT2D eigenvalue weighted by Crippen LogP contribution is -1.87. The van der Waals surface area contributed by atoms with Gasteiger partial charge in [0.2, 0.25) is 0 Å². The van der Waals surface area contributed by atoms with Crippen LogP contribution in [0.5, 0.6) is 0 Å². The molecule has 0 saturated carbocycles. The molecule has 14 heavy (non-hydrogen) atoms. The Bertz CT molecular complexity index is 449. The quantitative estimate of drug-likeness (QED) is 0.661. The molecule has 2 heterocycles. The van der Waals surface area contributed by atoms with E-state index in [2.05, 4.69) is 57.8 Å². The summed E-state index contributed by atoms with van der Waals surface area (Å²) >= 11 is 11.7. The van der Waals surface area contributed by atoms with Crippen LogP contribution >= 0.6 is 59.1 Å². The van der Waals surface area contributed by atoms with E-state index in [9.17, 15) is 0 Å². The summed E-state index contributed by atoms with van der Waals surface area (Å²) in [5, 5.41) is 0. The third-order valence-corrected chi connectivity index (χ3v) is 3.89. The summed E-state index contributed by atoms with van der Waals surface area (Å²) < 4.78 is 2.63. The van der Waals surface area contributed by atoms with Gasteiger partial charge in [0.15, 0.2) is 5.82 Å². The van der Waals surface area contributed by atoms with Gasteiger partial charge in [0, 0.05) is 6.07 Å². The van der Waals surface area contributed by atoms with Gasteiger partial charge < -0.3 is 0 Å². The number of hydrogen-bond acceptors (Lipinski definition) is 3. The van der Waals surface area contributed by atoms with Crippen molar-refractivity contribution >= 4 is 59.1 Å². The smallest absolute Gasteiger partial charge is 0.171 e. The molecule has 2 nitrogen and oxygen atoms in total. The summed E-state index contributed by atoms with van der Waals surface area (Å²) in [5.74, 6) is 0.724. The van der Waals surface area contributed by atoms with Gasteiger partial charge in [-0.1, -0.05) is 0 Å². The minimum absolute atomic E-state index is 0.724. The fraction of sp³-hybridized carbons (Fsp3) is 0. The van der Waals surface area contributed by atoms with Gasteiger partial charge in [-0.15, -0.1) is 11.3 Å². The SMILES string of the molecule is Brc1cc(Br)nc(-c2ccc(Br)s2)n1. The van der Waals surface area contributed by atoms with E-state index in [-0.39, 0.29) is 0 Å². The Morgan fingerprint density at radius 3 is 2.14 bits per heavy atom. The first-order chi connectivity index (χ1) is 6.65. The van der Waals surface area contributed by atoms with E-state index in [0.29, 0.717) is 0 Å². The minimum atomic E-state index is 0.724. The molecule has 0 spiro atoms. The number of aromatic nitrogens is 2. The lowest BCUT2D eigenvalue weighted by molar-refractivity contribution is 1.13. The highest BCUT2D eigenvalue weighted by molar-refractivity contribution is 9.11. The molecular formula is C8H3Br3N2S. The summed E-state index contributed by atoms with van der Waals surface area (Å²) in [4.78, 5) is 9.61. The van der Waals surface area contributed by atoms with Gasteiger partial charge in [0.05, 0.1) is 8.66 Å². The first kappa shape index (κ1) is 10.7. The number of hydrogen-bond donors (Lipinski definition) is 0. The largest absolute Gasteiger partial charge is 0.220 e.